The van der Waals surface area contributed by atoms with Crippen LogP contribution in [0.3, 0.4) is 0 Å². The Balaban J connectivity index is 2.07. The number of aliphatic carboxylic acids is 1. The van der Waals surface area contributed by atoms with Gasteiger partial charge in [-0.15, -0.1) is 0 Å². The minimum absolute atomic E-state index is 0.0694. The summed E-state index contributed by atoms with van der Waals surface area (Å²) in [7, 11) is 0. The minimum atomic E-state index is -0.898. The van der Waals surface area contributed by atoms with Crippen LogP contribution >= 0.6 is 0 Å². The SMILES string of the molecule is O=C1CCC(=O)N1CC1(C(=O)O)CC1. The van der Waals surface area contributed by atoms with Crippen molar-refractivity contribution < 1.29 is 19.5 Å². The molecule has 2 fully saturated rings. The molecule has 0 spiro atoms. The second kappa shape index (κ2) is 2.80. The summed E-state index contributed by atoms with van der Waals surface area (Å²) in [5, 5.41) is 8.89. The van der Waals surface area contributed by atoms with Crippen LogP contribution in [0.15, 0.2) is 0 Å². The number of rotatable bonds is 3. The zero-order chi connectivity index (χ0) is 10.3. The van der Waals surface area contributed by atoms with Crippen molar-refractivity contribution in [1.29, 1.82) is 0 Å². The first-order valence-corrected chi connectivity index (χ1v) is 4.62. The van der Waals surface area contributed by atoms with Gasteiger partial charge in [-0.2, -0.15) is 0 Å². The second-order valence-corrected chi connectivity index (χ2v) is 3.96. The van der Waals surface area contributed by atoms with Crippen LogP contribution in [0.25, 0.3) is 0 Å². The van der Waals surface area contributed by atoms with E-state index in [0.29, 0.717) is 12.8 Å². The lowest BCUT2D eigenvalue weighted by Crippen LogP contribution is -2.37. The van der Waals surface area contributed by atoms with Gasteiger partial charge in [-0.1, -0.05) is 0 Å². The molecule has 1 N–H and O–H groups in total. The number of nitrogens with zero attached hydrogens (tertiary/aromatic N) is 1. The molecule has 1 heterocycles. The van der Waals surface area contributed by atoms with Crippen LogP contribution in [0.4, 0.5) is 0 Å². The van der Waals surface area contributed by atoms with Crippen molar-refractivity contribution in [2.24, 2.45) is 5.41 Å². The summed E-state index contributed by atoms with van der Waals surface area (Å²) in [6.07, 6.45) is 1.60. The van der Waals surface area contributed by atoms with Gasteiger partial charge in [-0.25, -0.2) is 0 Å². The molecule has 14 heavy (non-hydrogen) atoms. The van der Waals surface area contributed by atoms with E-state index < -0.39 is 11.4 Å². The highest BCUT2D eigenvalue weighted by atomic mass is 16.4. The van der Waals surface area contributed by atoms with E-state index in [1.54, 1.807) is 0 Å². The Bertz CT molecular complexity index is 303. The van der Waals surface area contributed by atoms with Gasteiger partial charge in [0.2, 0.25) is 11.8 Å². The van der Waals surface area contributed by atoms with E-state index in [1.165, 1.54) is 0 Å². The van der Waals surface area contributed by atoms with E-state index in [4.69, 9.17) is 5.11 Å². The molecule has 1 saturated heterocycles. The maximum absolute atomic E-state index is 11.2. The molecule has 1 saturated carbocycles. The van der Waals surface area contributed by atoms with Crippen LogP contribution in [0.1, 0.15) is 25.7 Å². The molecule has 76 valence electrons. The first-order valence-electron chi connectivity index (χ1n) is 4.62. The topological polar surface area (TPSA) is 74.7 Å². The fraction of sp³-hybridized carbons (Fsp3) is 0.667. The molecule has 0 aromatic carbocycles. The van der Waals surface area contributed by atoms with Crippen LogP contribution in [-0.4, -0.2) is 34.3 Å². The summed E-state index contributed by atoms with van der Waals surface area (Å²) in [5.41, 5.74) is -0.824. The Labute approximate surface area is 80.7 Å². The number of carbonyl (C=O) groups is 3. The molecule has 2 amide bonds. The molecule has 1 aliphatic heterocycles. The molecular weight excluding hydrogens is 186 g/mol. The third-order valence-corrected chi connectivity index (χ3v) is 2.92. The summed E-state index contributed by atoms with van der Waals surface area (Å²) in [6, 6.07) is 0. The van der Waals surface area contributed by atoms with E-state index in [-0.39, 0.29) is 31.2 Å². The first-order chi connectivity index (χ1) is 6.55. The Morgan fingerprint density at radius 1 is 1.29 bits per heavy atom. The summed E-state index contributed by atoms with van der Waals surface area (Å²) >= 11 is 0. The number of imide groups is 1. The third-order valence-electron chi connectivity index (χ3n) is 2.92. The Kier molecular flexibility index (Phi) is 1.83. The lowest BCUT2D eigenvalue weighted by atomic mass is 10.1. The Hall–Kier alpha value is -1.39. The number of carbonyl (C=O) groups excluding carboxylic acids is 2. The van der Waals surface area contributed by atoms with Crippen LogP contribution in [-0.2, 0) is 14.4 Å². The van der Waals surface area contributed by atoms with Crippen LogP contribution < -0.4 is 0 Å². The van der Waals surface area contributed by atoms with Gasteiger partial charge in [0.05, 0.1) is 5.41 Å². The van der Waals surface area contributed by atoms with Gasteiger partial charge in [-0.05, 0) is 12.8 Å². The molecule has 0 bridgehead atoms. The average molecular weight is 197 g/mol. The van der Waals surface area contributed by atoms with Gasteiger partial charge < -0.3 is 5.11 Å². The first kappa shape index (κ1) is 9.18. The molecule has 0 atom stereocenters. The number of carboxylic acids is 1. The van der Waals surface area contributed by atoms with Crippen molar-refractivity contribution in [3.05, 3.63) is 0 Å². The van der Waals surface area contributed by atoms with Gasteiger partial charge in [0.25, 0.3) is 0 Å². The molecule has 0 unspecified atom stereocenters. The summed E-state index contributed by atoms with van der Waals surface area (Å²) in [4.78, 5) is 34.4. The molecule has 5 heteroatoms. The maximum Gasteiger partial charge on any atom is 0.311 e. The third kappa shape index (κ3) is 1.29. The predicted octanol–water partition coefficient (Wildman–Crippen LogP) is 0.000200. The number of likely N-dealkylation sites (tertiary alicyclic amines) is 1. The fourth-order valence-corrected chi connectivity index (χ4v) is 1.69. The van der Waals surface area contributed by atoms with Gasteiger partial charge >= 0.3 is 5.97 Å². The quantitative estimate of drug-likeness (QED) is 0.646. The monoisotopic (exact) mass is 197 g/mol. The van der Waals surface area contributed by atoms with E-state index in [2.05, 4.69) is 0 Å². The second-order valence-electron chi connectivity index (χ2n) is 3.96. The highest BCUT2D eigenvalue weighted by Crippen LogP contribution is 2.47. The van der Waals surface area contributed by atoms with E-state index in [1.807, 2.05) is 0 Å². The van der Waals surface area contributed by atoms with Crippen molar-refractivity contribution in [3.8, 4) is 0 Å². The number of hydrogen-bond acceptors (Lipinski definition) is 3. The molecule has 0 aromatic rings. The van der Waals surface area contributed by atoms with Gasteiger partial charge in [0.15, 0.2) is 0 Å². The number of amides is 2. The lowest BCUT2D eigenvalue weighted by molar-refractivity contribution is -0.147. The zero-order valence-electron chi connectivity index (χ0n) is 7.65. The van der Waals surface area contributed by atoms with Crippen LogP contribution in [0, 0.1) is 5.41 Å². The van der Waals surface area contributed by atoms with Gasteiger partial charge in [0, 0.05) is 19.4 Å². The van der Waals surface area contributed by atoms with Gasteiger partial charge in [0.1, 0.15) is 0 Å². The predicted molar refractivity (Wildman–Crippen MR) is 45.3 cm³/mol. The Morgan fingerprint density at radius 2 is 1.79 bits per heavy atom. The van der Waals surface area contributed by atoms with Crippen LogP contribution in [0.5, 0.6) is 0 Å². The highest BCUT2D eigenvalue weighted by molar-refractivity contribution is 6.02. The molecule has 1 aliphatic carbocycles. The molecule has 2 aliphatic rings. The number of carboxylic acid groups (broad SMARTS) is 1. The van der Waals surface area contributed by atoms with Crippen molar-refractivity contribution in [3.63, 3.8) is 0 Å². The minimum Gasteiger partial charge on any atom is -0.481 e. The fourth-order valence-electron chi connectivity index (χ4n) is 1.69. The molecule has 0 aromatic heterocycles. The molecule has 0 radical (unpaired) electrons. The Morgan fingerprint density at radius 3 is 2.14 bits per heavy atom. The number of hydrogen-bond donors (Lipinski definition) is 1. The van der Waals surface area contributed by atoms with E-state index in [0.717, 1.165) is 4.90 Å². The van der Waals surface area contributed by atoms with Crippen molar-refractivity contribution in [2.45, 2.75) is 25.7 Å². The maximum atomic E-state index is 11.2. The zero-order valence-corrected chi connectivity index (χ0v) is 7.65. The average Bonchev–Trinajstić information content (AvgIpc) is 2.84. The summed E-state index contributed by atoms with van der Waals surface area (Å²) in [5.74, 6) is -1.37. The van der Waals surface area contributed by atoms with Crippen molar-refractivity contribution in [1.82, 2.24) is 4.90 Å². The van der Waals surface area contributed by atoms with Crippen molar-refractivity contribution >= 4 is 17.8 Å². The standard InChI is InChI=1S/C9H11NO4/c11-6-1-2-7(12)10(6)5-9(3-4-9)8(13)14/h1-5H2,(H,13,14). The summed E-state index contributed by atoms with van der Waals surface area (Å²) < 4.78 is 0. The van der Waals surface area contributed by atoms with E-state index in [9.17, 15) is 14.4 Å². The largest absolute Gasteiger partial charge is 0.481 e. The normalized spacial score (nSPS) is 24.1. The smallest absolute Gasteiger partial charge is 0.311 e. The van der Waals surface area contributed by atoms with Gasteiger partial charge in [-0.3, -0.25) is 19.3 Å². The van der Waals surface area contributed by atoms with Crippen LogP contribution in [0.2, 0.25) is 0 Å². The molecule has 5 nitrogen and oxygen atoms in total. The lowest BCUT2D eigenvalue weighted by Gasteiger charge is -2.18. The highest BCUT2D eigenvalue weighted by Gasteiger charge is 2.53. The molecule has 2 rings (SSSR count). The molecular formula is C9H11NO4. The summed E-state index contributed by atoms with van der Waals surface area (Å²) in [6.45, 7) is 0.0694. The van der Waals surface area contributed by atoms with E-state index >= 15 is 0 Å². The van der Waals surface area contributed by atoms with Crippen molar-refractivity contribution in [2.75, 3.05) is 6.54 Å².